The third kappa shape index (κ3) is 3.70. The van der Waals surface area contributed by atoms with Crippen LogP contribution in [0.15, 0.2) is 12.1 Å². The molecule has 1 fully saturated rings. The molecular weight excluding hydrogens is 282 g/mol. The standard InChI is InChI=1S/C13H18ClN3OS/c14-11-6-9(15)5-10(13(16)18)12(11)17-7-8-1-3-19-4-2-8/h5-6,8,17H,1-4,7,15H2,(H2,16,18). The topological polar surface area (TPSA) is 81.1 Å². The number of rotatable bonds is 4. The smallest absolute Gasteiger partial charge is 0.250 e. The molecule has 1 saturated heterocycles. The predicted molar refractivity (Wildman–Crippen MR) is 82.9 cm³/mol. The molecule has 0 aromatic heterocycles. The Morgan fingerprint density at radius 1 is 1.42 bits per heavy atom. The Labute approximate surface area is 122 Å². The molecular formula is C13H18ClN3OS. The largest absolute Gasteiger partial charge is 0.399 e. The van der Waals surface area contributed by atoms with E-state index in [1.807, 2.05) is 11.8 Å². The number of nitrogens with one attached hydrogen (secondary N) is 1. The molecule has 1 aliphatic rings. The van der Waals surface area contributed by atoms with E-state index < -0.39 is 5.91 Å². The highest BCUT2D eigenvalue weighted by atomic mass is 35.5. The molecule has 1 aromatic carbocycles. The Hall–Kier alpha value is -1.07. The fraction of sp³-hybridized carbons (Fsp3) is 0.462. The highest BCUT2D eigenvalue weighted by Gasteiger charge is 2.17. The summed E-state index contributed by atoms with van der Waals surface area (Å²) in [7, 11) is 0. The Bertz CT molecular complexity index is 475. The van der Waals surface area contributed by atoms with Crippen molar-refractivity contribution in [3.63, 3.8) is 0 Å². The van der Waals surface area contributed by atoms with Crippen LogP contribution in [0, 0.1) is 5.92 Å². The van der Waals surface area contributed by atoms with Crippen molar-refractivity contribution in [2.24, 2.45) is 11.7 Å². The number of carbonyl (C=O) groups excluding carboxylic acids is 1. The van der Waals surface area contributed by atoms with E-state index in [0.717, 1.165) is 6.54 Å². The van der Waals surface area contributed by atoms with Crippen LogP contribution in [0.5, 0.6) is 0 Å². The number of primary amides is 1. The first-order valence-corrected chi connectivity index (χ1v) is 7.81. The molecule has 0 bridgehead atoms. The van der Waals surface area contributed by atoms with Gasteiger partial charge in [-0.05, 0) is 42.4 Å². The predicted octanol–water partition coefficient (Wildman–Crippen LogP) is 2.58. The number of nitrogens with two attached hydrogens (primary N) is 2. The molecule has 2 rings (SSSR count). The normalized spacial score (nSPS) is 16.3. The van der Waals surface area contributed by atoms with Gasteiger partial charge in [0.25, 0.3) is 5.91 Å². The molecule has 6 heteroatoms. The lowest BCUT2D eigenvalue weighted by Crippen LogP contribution is -2.21. The van der Waals surface area contributed by atoms with E-state index in [0.29, 0.717) is 27.9 Å². The highest BCUT2D eigenvalue weighted by Crippen LogP contribution is 2.30. The van der Waals surface area contributed by atoms with Crippen LogP contribution in [-0.4, -0.2) is 24.0 Å². The zero-order valence-corrected chi connectivity index (χ0v) is 12.2. The van der Waals surface area contributed by atoms with Crippen molar-refractivity contribution in [2.75, 3.05) is 29.1 Å². The van der Waals surface area contributed by atoms with Crippen LogP contribution in [0.2, 0.25) is 5.02 Å². The average Bonchev–Trinajstić information content (AvgIpc) is 2.38. The zero-order chi connectivity index (χ0) is 13.8. The number of halogens is 1. The average molecular weight is 300 g/mol. The third-order valence-electron chi connectivity index (χ3n) is 3.29. The minimum Gasteiger partial charge on any atom is -0.399 e. The number of carbonyl (C=O) groups is 1. The molecule has 0 unspecified atom stereocenters. The summed E-state index contributed by atoms with van der Waals surface area (Å²) in [5, 5.41) is 3.71. The molecule has 1 aliphatic heterocycles. The van der Waals surface area contributed by atoms with E-state index in [9.17, 15) is 4.79 Å². The molecule has 19 heavy (non-hydrogen) atoms. The van der Waals surface area contributed by atoms with E-state index in [-0.39, 0.29) is 0 Å². The number of hydrogen-bond acceptors (Lipinski definition) is 4. The summed E-state index contributed by atoms with van der Waals surface area (Å²) in [6.07, 6.45) is 2.38. The molecule has 1 heterocycles. The first-order chi connectivity index (χ1) is 9.08. The Kier molecular flexibility index (Phi) is 4.82. The number of thioether (sulfide) groups is 1. The molecule has 0 saturated carbocycles. The number of anilines is 2. The van der Waals surface area contributed by atoms with Gasteiger partial charge in [-0.2, -0.15) is 11.8 Å². The molecule has 0 aliphatic carbocycles. The van der Waals surface area contributed by atoms with Gasteiger partial charge in [0.2, 0.25) is 0 Å². The lowest BCUT2D eigenvalue weighted by molar-refractivity contribution is 0.100. The molecule has 4 nitrogen and oxygen atoms in total. The monoisotopic (exact) mass is 299 g/mol. The van der Waals surface area contributed by atoms with Crippen LogP contribution in [-0.2, 0) is 0 Å². The number of nitrogen functional groups attached to an aromatic ring is 1. The molecule has 0 radical (unpaired) electrons. The van der Waals surface area contributed by atoms with Crippen LogP contribution in [0.1, 0.15) is 23.2 Å². The summed E-state index contributed by atoms with van der Waals surface area (Å²) in [6.45, 7) is 0.810. The summed E-state index contributed by atoms with van der Waals surface area (Å²) in [6, 6.07) is 3.19. The van der Waals surface area contributed by atoms with E-state index in [2.05, 4.69) is 5.32 Å². The molecule has 104 valence electrons. The van der Waals surface area contributed by atoms with Crippen molar-refractivity contribution in [3.8, 4) is 0 Å². The van der Waals surface area contributed by atoms with Gasteiger partial charge >= 0.3 is 0 Å². The molecule has 5 N–H and O–H groups in total. The fourth-order valence-electron chi connectivity index (χ4n) is 2.20. The maximum absolute atomic E-state index is 11.4. The van der Waals surface area contributed by atoms with Crippen LogP contribution >= 0.6 is 23.4 Å². The van der Waals surface area contributed by atoms with Gasteiger partial charge in [-0.15, -0.1) is 0 Å². The summed E-state index contributed by atoms with van der Waals surface area (Å²) in [4.78, 5) is 11.4. The third-order valence-corrected chi connectivity index (χ3v) is 4.63. The molecule has 1 aromatic rings. The van der Waals surface area contributed by atoms with Gasteiger partial charge in [0.15, 0.2) is 0 Å². The van der Waals surface area contributed by atoms with E-state index in [1.54, 1.807) is 12.1 Å². The summed E-state index contributed by atoms with van der Waals surface area (Å²) in [5.74, 6) is 2.50. The summed E-state index contributed by atoms with van der Waals surface area (Å²) >= 11 is 8.13. The van der Waals surface area contributed by atoms with E-state index in [4.69, 9.17) is 23.1 Å². The van der Waals surface area contributed by atoms with Crippen molar-refractivity contribution in [1.29, 1.82) is 0 Å². The van der Waals surface area contributed by atoms with Crippen molar-refractivity contribution in [1.82, 2.24) is 0 Å². The first kappa shape index (κ1) is 14.3. The van der Waals surface area contributed by atoms with E-state index in [1.165, 1.54) is 24.3 Å². The van der Waals surface area contributed by atoms with Crippen LogP contribution < -0.4 is 16.8 Å². The number of benzene rings is 1. The van der Waals surface area contributed by atoms with Crippen molar-refractivity contribution >= 4 is 40.6 Å². The highest BCUT2D eigenvalue weighted by molar-refractivity contribution is 7.99. The fourth-order valence-corrected chi connectivity index (χ4v) is 3.70. The van der Waals surface area contributed by atoms with Gasteiger partial charge < -0.3 is 16.8 Å². The van der Waals surface area contributed by atoms with Crippen molar-refractivity contribution in [2.45, 2.75) is 12.8 Å². The van der Waals surface area contributed by atoms with Crippen LogP contribution in [0.25, 0.3) is 0 Å². The molecule has 1 amide bonds. The van der Waals surface area contributed by atoms with Gasteiger partial charge in [0.1, 0.15) is 0 Å². The summed E-state index contributed by atoms with van der Waals surface area (Å²) in [5.41, 5.74) is 12.4. The molecule has 0 atom stereocenters. The zero-order valence-electron chi connectivity index (χ0n) is 10.6. The van der Waals surface area contributed by atoms with Crippen molar-refractivity contribution in [3.05, 3.63) is 22.7 Å². The minimum atomic E-state index is -0.518. The quantitative estimate of drug-likeness (QED) is 0.746. The Morgan fingerprint density at radius 3 is 2.74 bits per heavy atom. The SMILES string of the molecule is NC(=O)c1cc(N)cc(Cl)c1NCC1CCSCC1. The van der Waals surface area contributed by atoms with Gasteiger partial charge in [0.05, 0.1) is 16.3 Å². The minimum absolute atomic E-state index is 0.357. The number of amides is 1. The van der Waals surface area contributed by atoms with Gasteiger partial charge in [-0.25, -0.2) is 0 Å². The van der Waals surface area contributed by atoms with Gasteiger partial charge in [0, 0.05) is 12.2 Å². The van der Waals surface area contributed by atoms with Gasteiger partial charge in [-0.3, -0.25) is 4.79 Å². The van der Waals surface area contributed by atoms with Crippen LogP contribution in [0.3, 0.4) is 0 Å². The second kappa shape index (κ2) is 6.39. The maximum Gasteiger partial charge on any atom is 0.250 e. The summed E-state index contributed by atoms with van der Waals surface area (Å²) < 4.78 is 0. The van der Waals surface area contributed by atoms with Crippen LogP contribution in [0.4, 0.5) is 11.4 Å². The maximum atomic E-state index is 11.4. The Morgan fingerprint density at radius 2 is 2.11 bits per heavy atom. The first-order valence-electron chi connectivity index (χ1n) is 6.28. The van der Waals surface area contributed by atoms with E-state index >= 15 is 0 Å². The lowest BCUT2D eigenvalue weighted by atomic mass is 10.0. The molecule has 0 spiro atoms. The Balaban J connectivity index is 2.12. The van der Waals surface area contributed by atoms with Gasteiger partial charge in [-0.1, -0.05) is 11.6 Å². The second-order valence-corrected chi connectivity index (χ2v) is 6.36. The lowest BCUT2D eigenvalue weighted by Gasteiger charge is -2.23. The second-order valence-electron chi connectivity index (χ2n) is 4.73. The van der Waals surface area contributed by atoms with Crippen molar-refractivity contribution < 1.29 is 4.79 Å². The number of hydrogen-bond donors (Lipinski definition) is 3.